The molecule has 4 heteroatoms. The van der Waals surface area contributed by atoms with Crippen LogP contribution in [0.3, 0.4) is 0 Å². The summed E-state index contributed by atoms with van der Waals surface area (Å²) in [7, 11) is 0. The molecule has 2 heterocycles. The van der Waals surface area contributed by atoms with Crippen molar-refractivity contribution in [2.45, 2.75) is 32.1 Å². The van der Waals surface area contributed by atoms with Crippen LogP contribution in [0.15, 0.2) is 41.7 Å². The van der Waals surface area contributed by atoms with E-state index in [-0.39, 0.29) is 0 Å². The molecule has 2 aliphatic heterocycles. The van der Waals surface area contributed by atoms with Gasteiger partial charge in [-0.05, 0) is 73.4 Å². The Morgan fingerprint density at radius 2 is 2.04 bits per heavy atom. The van der Waals surface area contributed by atoms with Crippen molar-refractivity contribution in [2.24, 2.45) is 0 Å². The first-order chi connectivity index (χ1) is 12.4. The van der Waals surface area contributed by atoms with E-state index in [0.29, 0.717) is 0 Å². The van der Waals surface area contributed by atoms with Gasteiger partial charge >= 0.3 is 0 Å². The van der Waals surface area contributed by atoms with E-state index >= 15 is 0 Å². The fourth-order valence-electron chi connectivity index (χ4n) is 3.67. The van der Waals surface area contributed by atoms with E-state index in [2.05, 4.69) is 46.1 Å². The molecule has 0 aliphatic carbocycles. The van der Waals surface area contributed by atoms with Crippen LogP contribution in [0, 0.1) is 0 Å². The van der Waals surface area contributed by atoms with Crippen molar-refractivity contribution >= 4 is 17.4 Å². The summed E-state index contributed by atoms with van der Waals surface area (Å²) >= 11 is 1.63. The van der Waals surface area contributed by atoms with Crippen molar-refractivity contribution in [3.63, 3.8) is 0 Å². The maximum atomic E-state index is 6.00. The van der Waals surface area contributed by atoms with Crippen molar-refractivity contribution in [3.05, 3.63) is 47.2 Å². The zero-order chi connectivity index (χ0) is 17.3. The number of nitrogens with zero attached hydrogens (tertiary/aromatic N) is 2. The number of likely N-dealkylation sites (tertiary alicyclic amines) is 1. The largest absolute Gasteiger partial charge is 0.494 e. The molecule has 1 aromatic rings. The van der Waals surface area contributed by atoms with Gasteiger partial charge in [-0.15, -0.1) is 11.8 Å². The molecule has 25 heavy (non-hydrogen) atoms. The van der Waals surface area contributed by atoms with E-state index in [9.17, 15) is 0 Å². The summed E-state index contributed by atoms with van der Waals surface area (Å²) in [5.41, 5.74) is 2.77. The zero-order valence-corrected chi connectivity index (χ0v) is 16.0. The summed E-state index contributed by atoms with van der Waals surface area (Å²) in [5, 5.41) is 3.95. The predicted molar refractivity (Wildman–Crippen MR) is 110 cm³/mol. The lowest BCUT2D eigenvalue weighted by molar-refractivity contribution is 0.205. The molecular formula is C21H30N2OS. The lowest BCUT2D eigenvalue weighted by Gasteiger charge is -2.26. The van der Waals surface area contributed by atoms with Crippen molar-refractivity contribution < 1.29 is 4.74 Å². The summed E-state index contributed by atoms with van der Waals surface area (Å²) in [6, 6.07) is 6.58. The van der Waals surface area contributed by atoms with E-state index in [1.54, 1.807) is 11.8 Å². The number of thioether (sulfide) groups is 1. The molecule has 136 valence electrons. The number of hydrogen-bond acceptors (Lipinski definition) is 4. The SMILES string of the molecule is C=CS/C=C/CN1CCc2cc(OCCCN3CCCCC3)ccc21. The Hall–Kier alpha value is -1.39. The molecule has 0 bridgehead atoms. The second-order valence-electron chi connectivity index (χ2n) is 6.77. The van der Waals surface area contributed by atoms with Gasteiger partial charge in [0.15, 0.2) is 0 Å². The van der Waals surface area contributed by atoms with Gasteiger partial charge in [-0.1, -0.05) is 19.1 Å². The van der Waals surface area contributed by atoms with Crippen LogP contribution in [-0.2, 0) is 6.42 Å². The predicted octanol–water partition coefficient (Wildman–Crippen LogP) is 4.69. The average Bonchev–Trinajstić information content (AvgIpc) is 3.06. The Balaban J connectivity index is 1.43. The Bertz CT molecular complexity index is 581. The molecule has 0 amide bonds. The van der Waals surface area contributed by atoms with E-state index < -0.39 is 0 Å². The van der Waals surface area contributed by atoms with Gasteiger partial charge in [0.1, 0.15) is 5.75 Å². The van der Waals surface area contributed by atoms with Crippen molar-refractivity contribution in [1.82, 2.24) is 4.90 Å². The highest BCUT2D eigenvalue weighted by Crippen LogP contribution is 2.31. The van der Waals surface area contributed by atoms with Crippen LogP contribution >= 0.6 is 11.8 Å². The molecule has 1 aromatic carbocycles. The Kier molecular flexibility index (Phi) is 7.31. The fourth-order valence-corrected chi connectivity index (χ4v) is 3.98. The van der Waals surface area contributed by atoms with Crippen LogP contribution in [0.1, 0.15) is 31.2 Å². The van der Waals surface area contributed by atoms with E-state index in [0.717, 1.165) is 38.3 Å². The topological polar surface area (TPSA) is 15.7 Å². The number of benzene rings is 1. The molecule has 1 saturated heterocycles. The van der Waals surface area contributed by atoms with Crippen molar-refractivity contribution in [2.75, 3.05) is 44.2 Å². The molecule has 0 unspecified atom stereocenters. The van der Waals surface area contributed by atoms with Gasteiger partial charge < -0.3 is 14.5 Å². The monoisotopic (exact) mass is 358 g/mol. The number of rotatable bonds is 9. The van der Waals surface area contributed by atoms with Crippen LogP contribution in [-0.4, -0.2) is 44.2 Å². The standard InChI is InChI=1S/C21H30N2OS/c1-2-25-17-7-14-23-15-10-19-18-20(8-9-21(19)23)24-16-6-13-22-11-4-3-5-12-22/h2,7-9,17-18H,1,3-6,10-16H2/b17-7+. The first-order valence-corrected chi connectivity index (χ1v) is 10.5. The molecule has 0 N–H and O–H groups in total. The normalized spacial score (nSPS) is 17.8. The van der Waals surface area contributed by atoms with Gasteiger partial charge in [0, 0.05) is 25.3 Å². The molecular weight excluding hydrogens is 328 g/mol. The molecule has 3 nitrogen and oxygen atoms in total. The summed E-state index contributed by atoms with van der Waals surface area (Å²) in [4.78, 5) is 5.00. The third kappa shape index (κ3) is 5.55. The van der Waals surface area contributed by atoms with Crippen LogP contribution in [0.5, 0.6) is 5.75 Å². The van der Waals surface area contributed by atoms with E-state index in [1.165, 1.54) is 50.1 Å². The van der Waals surface area contributed by atoms with Crippen LogP contribution in [0.25, 0.3) is 0 Å². The molecule has 0 atom stereocenters. The minimum Gasteiger partial charge on any atom is -0.494 e. The first kappa shape index (κ1) is 18.4. The average molecular weight is 359 g/mol. The van der Waals surface area contributed by atoms with E-state index in [4.69, 9.17) is 4.74 Å². The molecule has 0 aromatic heterocycles. The summed E-state index contributed by atoms with van der Waals surface area (Å²) in [6.45, 7) is 10.3. The Labute approximate surface area is 156 Å². The zero-order valence-electron chi connectivity index (χ0n) is 15.2. The summed E-state index contributed by atoms with van der Waals surface area (Å²) < 4.78 is 6.00. The minimum absolute atomic E-state index is 0.820. The van der Waals surface area contributed by atoms with Gasteiger partial charge in [0.25, 0.3) is 0 Å². The van der Waals surface area contributed by atoms with Gasteiger partial charge in [-0.25, -0.2) is 0 Å². The molecule has 1 fully saturated rings. The van der Waals surface area contributed by atoms with Gasteiger partial charge in [-0.2, -0.15) is 0 Å². The highest BCUT2D eigenvalue weighted by atomic mass is 32.2. The Morgan fingerprint density at radius 1 is 1.16 bits per heavy atom. The molecule has 0 radical (unpaired) electrons. The van der Waals surface area contributed by atoms with Gasteiger partial charge in [0.2, 0.25) is 0 Å². The molecule has 3 rings (SSSR count). The number of piperidine rings is 1. The second kappa shape index (κ2) is 9.93. The van der Waals surface area contributed by atoms with Crippen LogP contribution in [0.2, 0.25) is 0 Å². The quantitative estimate of drug-likeness (QED) is 0.595. The first-order valence-electron chi connectivity index (χ1n) is 9.51. The lowest BCUT2D eigenvalue weighted by Crippen LogP contribution is -2.31. The van der Waals surface area contributed by atoms with Crippen LogP contribution < -0.4 is 9.64 Å². The molecule has 0 spiro atoms. The highest BCUT2D eigenvalue weighted by Gasteiger charge is 2.18. The minimum atomic E-state index is 0.820. The van der Waals surface area contributed by atoms with Crippen molar-refractivity contribution in [3.8, 4) is 5.75 Å². The summed E-state index contributed by atoms with van der Waals surface area (Å²) in [5.74, 6) is 1.02. The number of ether oxygens (including phenoxy) is 1. The second-order valence-corrected chi connectivity index (χ2v) is 7.64. The van der Waals surface area contributed by atoms with Crippen LogP contribution in [0.4, 0.5) is 5.69 Å². The number of anilines is 1. The van der Waals surface area contributed by atoms with Gasteiger partial charge in [-0.3, -0.25) is 0 Å². The van der Waals surface area contributed by atoms with Gasteiger partial charge in [0.05, 0.1) is 6.61 Å². The lowest BCUT2D eigenvalue weighted by atomic mass is 10.1. The third-order valence-corrected chi connectivity index (χ3v) is 5.52. The van der Waals surface area contributed by atoms with Crippen molar-refractivity contribution in [1.29, 1.82) is 0 Å². The Morgan fingerprint density at radius 3 is 2.88 bits per heavy atom. The number of hydrogen-bond donors (Lipinski definition) is 0. The molecule has 2 aliphatic rings. The highest BCUT2D eigenvalue weighted by molar-refractivity contribution is 8.04. The number of fused-ring (bicyclic) bond motifs is 1. The summed E-state index contributed by atoms with van der Waals surface area (Å²) in [6.07, 6.45) is 8.57. The van der Waals surface area contributed by atoms with E-state index in [1.807, 2.05) is 5.41 Å². The maximum absolute atomic E-state index is 6.00. The fraction of sp³-hybridized carbons (Fsp3) is 0.524. The molecule has 0 saturated carbocycles. The maximum Gasteiger partial charge on any atom is 0.119 e. The smallest absolute Gasteiger partial charge is 0.119 e. The third-order valence-electron chi connectivity index (χ3n) is 4.98.